The van der Waals surface area contributed by atoms with E-state index in [2.05, 4.69) is 0 Å². The van der Waals surface area contributed by atoms with Crippen molar-refractivity contribution < 1.29 is 4.79 Å². The first-order valence-corrected chi connectivity index (χ1v) is 2.89. The molecule has 0 spiro atoms. The predicted octanol–water partition coefficient (Wildman–Crippen LogP) is 1.45. The van der Waals surface area contributed by atoms with Gasteiger partial charge >= 0.3 is 6.29 Å². The van der Waals surface area contributed by atoms with E-state index in [1.807, 2.05) is 6.92 Å². The normalized spacial score (nSPS) is 20.4. The molecule has 42 valence electrons. The molecule has 0 aromatic heterocycles. The highest BCUT2D eigenvalue weighted by molar-refractivity contribution is 5.67. The van der Waals surface area contributed by atoms with Crippen molar-refractivity contribution >= 4 is 6.29 Å². The van der Waals surface area contributed by atoms with Crippen molar-refractivity contribution in [1.29, 1.82) is 0 Å². The molecule has 1 nitrogen and oxygen atoms in total. The van der Waals surface area contributed by atoms with E-state index in [0.717, 1.165) is 5.92 Å². The molecule has 0 atom stereocenters. The summed E-state index contributed by atoms with van der Waals surface area (Å²) in [4.78, 5) is 9.75. The summed E-state index contributed by atoms with van der Waals surface area (Å²) in [5, 5.41) is 0. The van der Waals surface area contributed by atoms with Crippen LogP contribution in [0.5, 0.6) is 0 Å². The lowest BCUT2D eigenvalue weighted by molar-refractivity contribution is 0.564. The molecular weight excluding hydrogens is 100 g/mol. The van der Waals surface area contributed by atoms with Crippen LogP contribution in [0, 0.1) is 5.92 Å². The van der Waals surface area contributed by atoms with E-state index in [4.69, 9.17) is 0 Å². The Morgan fingerprint density at radius 2 is 2.38 bits per heavy atom. The van der Waals surface area contributed by atoms with Crippen LogP contribution >= 0.6 is 0 Å². The number of allylic oxidation sites excluding steroid dienone is 2. The molecule has 0 amide bonds. The maximum atomic E-state index is 9.75. The van der Waals surface area contributed by atoms with Crippen molar-refractivity contribution in [3.8, 4) is 0 Å². The maximum absolute atomic E-state index is 9.75. The van der Waals surface area contributed by atoms with Gasteiger partial charge in [-0.1, -0.05) is 4.79 Å². The highest BCUT2D eigenvalue weighted by Crippen LogP contribution is 2.35. The number of hydrogen-bond acceptors (Lipinski definition) is 1. The summed E-state index contributed by atoms with van der Waals surface area (Å²) in [5.41, 5.74) is 1.19. The first-order chi connectivity index (χ1) is 3.84. The van der Waals surface area contributed by atoms with Crippen LogP contribution in [0.2, 0.25) is 0 Å². The number of rotatable bonds is 2. The molecule has 0 N–H and O–H groups in total. The van der Waals surface area contributed by atoms with Crippen LogP contribution in [0.25, 0.3) is 0 Å². The Hall–Kier alpha value is -0.680. The van der Waals surface area contributed by atoms with E-state index in [9.17, 15) is 4.79 Å². The van der Waals surface area contributed by atoms with E-state index in [1.165, 1.54) is 24.5 Å². The van der Waals surface area contributed by atoms with E-state index < -0.39 is 0 Å². The lowest BCUT2D eigenvalue weighted by Crippen LogP contribution is -1.76. The zero-order valence-electron chi connectivity index (χ0n) is 4.98. The van der Waals surface area contributed by atoms with Crippen LogP contribution in [0.15, 0.2) is 11.6 Å². The minimum absolute atomic E-state index is 0.719. The van der Waals surface area contributed by atoms with E-state index in [-0.39, 0.29) is 0 Å². The highest BCUT2D eigenvalue weighted by atomic mass is 16.1. The van der Waals surface area contributed by atoms with Gasteiger partial charge in [0, 0.05) is 12.8 Å². The fraction of sp³-hybridized carbons (Fsp3) is 0.571. The molecule has 0 aromatic carbocycles. The second-order valence-electron chi connectivity index (χ2n) is 2.28. The Labute approximate surface area is 49.4 Å². The van der Waals surface area contributed by atoms with Crippen LogP contribution in [-0.4, -0.2) is 6.29 Å². The SMILES string of the molecule is C/C(=C\[C+]=O)C1CC1. The molecule has 0 heterocycles. The lowest BCUT2D eigenvalue weighted by Gasteiger charge is -1.77. The molecular formula is C7H9O+. The molecule has 0 radical (unpaired) electrons. The molecule has 8 heavy (non-hydrogen) atoms. The van der Waals surface area contributed by atoms with Gasteiger partial charge in [0.25, 0.3) is 0 Å². The first kappa shape index (κ1) is 5.46. The molecule has 0 unspecified atom stereocenters. The van der Waals surface area contributed by atoms with Crippen LogP contribution < -0.4 is 0 Å². The summed E-state index contributed by atoms with van der Waals surface area (Å²) in [5.74, 6) is 0.719. The Balaban J connectivity index is 2.41. The monoisotopic (exact) mass is 109 g/mol. The molecule has 0 aliphatic heterocycles. The van der Waals surface area contributed by atoms with Gasteiger partial charge in [-0.25, -0.2) is 0 Å². The van der Waals surface area contributed by atoms with Gasteiger partial charge in [-0.3, -0.25) is 0 Å². The second-order valence-corrected chi connectivity index (χ2v) is 2.28. The Bertz CT molecular complexity index is 120. The minimum Gasteiger partial charge on any atom is -0.0969 e. The fourth-order valence-electron chi connectivity index (χ4n) is 0.749. The average molecular weight is 109 g/mol. The first-order valence-electron chi connectivity index (χ1n) is 2.89. The van der Waals surface area contributed by atoms with Crippen molar-refractivity contribution in [3.63, 3.8) is 0 Å². The number of carbonyl (C=O) groups excluding carboxylic acids is 1. The van der Waals surface area contributed by atoms with Crippen molar-refractivity contribution in [1.82, 2.24) is 0 Å². The third-order valence-electron chi connectivity index (χ3n) is 1.51. The summed E-state index contributed by atoms with van der Waals surface area (Å²) < 4.78 is 0. The van der Waals surface area contributed by atoms with Crippen LogP contribution in [-0.2, 0) is 4.79 Å². The molecule has 1 aliphatic carbocycles. The van der Waals surface area contributed by atoms with Gasteiger partial charge in [-0.05, 0) is 12.8 Å². The zero-order valence-corrected chi connectivity index (χ0v) is 4.98. The topological polar surface area (TPSA) is 17.1 Å². The van der Waals surface area contributed by atoms with Gasteiger partial charge < -0.3 is 0 Å². The molecule has 1 aliphatic rings. The minimum atomic E-state index is 0.719. The molecule has 1 fully saturated rings. The van der Waals surface area contributed by atoms with Crippen molar-refractivity contribution in [2.45, 2.75) is 19.8 Å². The average Bonchev–Trinajstić information content (AvgIpc) is 2.45. The second kappa shape index (κ2) is 2.06. The maximum Gasteiger partial charge on any atom is 0.356 e. The standard InChI is InChI=1S/C7H9O/c1-6(4-5-8)7-2-3-7/h4,7H,2-3H2,1H3/q+1/b6-4+. The molecule has 1 rings (SSSR count). The van der Waals surface area contributed by atoms with Crippen molar-refractivity contribution in [3.05, 3.63) is 11.6 Å². The zero-order chi connectivity index (χ0) is 5.98. The van der Waals surface area contributed by atoms with Gasteiger partial charge in [0.05, 0.1) is 5.57 Å². The van der Waals surface area contributed by atoms with Gasteiger partial charge in [0.1, 0.15) is 0 Å². The summed E-state index contributed by atoms with van der Waals surface area (Å²) in [7, 11) is 0. The van der Waals surface area contributed by atoms with Crippen molar-refractivity contribution in [2.24, 2.45) is 5.92 Å². The summed E-state index contributed by atoms with van der Waals surface area (Å²) >= 11 is 0. The Morgan fingerprint density at radius 3 is 2.75 bits per heavy atom. The third-order valence-corrected chi connectivity index (χ3v) is 1.51. The summed E-state index contributed by atoms with van der Waals surface area (Å²) in [6, 6.07) is 0. The Kier molecular flexibility index (Phi) is 1.40. The molecule has 0 saturated heterocycles. The summed E-state index contributed by atoms with van der Waals surface area (Å²) in [6.45, 7) is 1.99. The smallest absolute Gasteiger partial charge is 0.0969 e. The highest BCUT2D eigenvalue weighted by Gasteiger charge is 2.28. The van der Waals surface area contributed by atoms with E-state index in [1.54, 1.807) is 6.29 Å². The van der Waals surface area contributed by atoms with Gasteiger partial charge in [-0.2, -0.15) is 0 Å². The van der Waals surface area contributed by atoms with Crippen molar-refractivity contribution in [2.75, 3.05) is 0 Å². The summed E-state index contributed by atoms with van der Waals surface area (Å²) in [6.07, 6.45) is 5.85. The van der Waals surface area contributed by atoms with Crippen LogP contribution in [0.3, 0.4) is 0 Å². The van der Waals surface area contributed by atoms with Gasteiger partial charge in [0.15, 0.2) is 0 Å². The molecule has 1 heteroatoms. The van der Waals surface area contributed by atoms with E-state index in [0.29, 0.717) is 0 Å². The van der Waals surface area contributed by atoms with E-state index >= 15 is 0 Å². The Morgan fingerprint density at radius 1 is 1.75 bits per heavy atom. The van der Waals surface area contributed by atoms with Crippen LogP contribution in [0.4, 0.5) is 0 Å². The van der Waals surface area contributed by atoms with Gasteiger partial charge in [-0.15, -0.1) is 0 Å². The fourth-order valence-corrected chi connectivity index (χ4v) is 0.749. The molecule has 1 saturated carbocycles. The third kappa shape index (κ3) is 1.14. The lowest BCUT2D eigenvalue weighted by atomic mass is 10.2. The quantitative estimate of drug-likeness (QED) is 0.387. The molecule has 0 aromatic rings. The van der Waals surface area contributed by atoms with Gasteiger partial charge in [0.2, 0.25) is 6.08 Å². The predicted molar refractivity (Wildman–Crippen MR) is 32.2 cm³/mol. The number of hydrogen-bond donors (Lipinski definition) is 0. The molecule has 0 bridgehead atoms. The van der Waals surface area contributed by atoms with Crippen LogP contribution in [0.1, 0.15) is 19.8 Å². The largest absolute Gasteiger partial charge is 0.356 e.